The Hall–Kier alpha value is -1.07. The number of benzene rings is 1. The summed E-state index contributed by atoms with van der Waals surface area (Å²) >= 11 is 0. The van der Waals surface area contributed by atoms with Gasteiger partial charge in [0.05, 0.1) is 5.60 Å². The van der Waals surface area contributed by atoms with Gasteiger partial charge in [0.1, 0.15) is 0 Å². The first-order chi connectivity index (χ1) is 10.3. The van der Waals surface area contributed by atoms with Gasteiger partial charge in [0.15, 0.2) is 0 Å². The van der Waals surface area contributed by atoms with Gasteiger partial charge < -0.3 is 5.11 Å². The minimum Gasteiger partial charge on any atom is 6.00 e. The van der Waals surface area contributed by atoms with Crippen molar-refractivity contribution < 1.29 is 36.4 Å². The van der Waals surface area contributed by atoms with Gasteiger partial charge in [-0.2, -0.15) is 0 Å². The van der Waals surface area contributed by atoms with Crippen LogP contribution >= 0.6 is 0 Å². The second-order valence-electron chi connectivity index (χ2n) is 5.06. The summed E-state index contributed by atoms with van der Waals surface area (Å²) in [7, 11) is 0. The van der Waals surface area contributed by atoms with Gasteiger partial charge in [-0.15, -0.1) is 0 Å². The first-order valence-corrected chi connectivity index (χ1v) is 6.73. The maximum atomic E-state index is 10.8. The molecule has 2 atom stereocenters. The molecule has 1 saturated carbocycles. The van der Waals surface area contributed by atoms with E-state index in [-0.39, 0.29) is 17.4 Å². The predicted octanol–water partition coefficient (Wildman–Crippen LogP) is 2.90. The Labute approximate surface area is 142 Å². The molecule has 1 aromatic carbocycles. The van der Waals surface area contributed by atoms with Crippen LogP contribution in [0.3, 0.4) is 0 Å². The van der Waals surface area contributed by atoms with Crippen LogP contribution in [0.1, 0.15) is 43.2 Å². The van der Waals surface area contributed by atoms with Gasteiger partial charge in [-0.05, 0) is 42.7 Å². The van der Waals surface area contributed by atoms with E-state index in [9.17, 15) is 5.11 Å². The Balaban J connectivity index is 0. The summed E-state index contributed by atoms with van der Waals surface area (Å²) in [6, 6.07) is 8.46. The standard InChI is InChI=1S/C14H18O.3CO.Cr/c15-14-10-4-3-6-12(14)9-8-11-5-1-2-7-13(11)14;3*1-2;/h1-2,5,7,12,15H,3-4,6,8-10H2;;;;/q;;;;+6. The Morgan fingerprint density at radius 1 is 0.955 bits per heavy atom. The summed E-state index contributed by atoms with van der Waals surface area (Å²) in [6.07, 6.45) is 6.99. The van der Waals surface area contributed by atoms with Gasteiger partial charge >= 0.3 is 51.3 Å². The smallest absolute Gasteiger partial charge is 6.00 e. The van der Waals surface area contributed by atoms with E-state index in [1.54, 1.807) is 0 Å². The summed E-state index contributed by atoms with van der Waals surface area (Å²) in [5.41, 5.74) is 2.10. The second-order valence-corrected chi connectivity index (χ2v) is 5.06. The molecule has 2 aliphatic rings. The molecule has 0 heterocycles. The van der Waals surface area contributed by atoms with E-state index in [0.29, 0.717) is 5.92 Å². The molecule has 0 aliphatic heterocycles. The third-order valence-corrected chi connectivity index (χ3v) is 4.28. The molecule has 2 aliphatic carbocycles. The molecule has 1 N–H and O–H groups in total. The van der Waals surface area contributed by atoms with Crippen molar-refractivity contribution in [3.8, 4) is 0 Å². The molecule has 0 aromatic heterocycles. The molecule has 0 amide bonds. The summed E-state index contributed by atoms with van der Waals surface area (Å²) in [5, 5.41) is 10.8. The first-order valence-electron chi connectivity index (χ1n) is 6.73. The predicted molar refractivity (Wildman–Crippen MR) is 72.4 cm³/mol. The summed E-state index contributed by atoms with van der Waals surface area (Å²) in [5.74, 6) is 0.515. The number of aryl methyl sites for hydroxylation is 1. The third kappa shape index (κ3) is 4.99. The second kappa shape index (κ2) is 12.5. The molecule has 2 unspecified atom stereocenters. The van der Waals surface area contributed by atoms with Gasteiger partial charge in [0, 0.05) is 0 Å². The molecule has 5 heteroatoms. The van der Waals surface area contributed by atoms with Gasteiger partial charge in [0.25, 0.3) is 0 Å². The molecule has 1 fully saturated rings. The largest absolute Gasteiger partial charge is 6.00 e. The van der Waals surface area contributed by atoms with Crippen LogP contribution in [0, 0.1) is 25.9 Å². The van der Waals surface area contributed by atoms with Gasteiger partial charge in [-0.25, -0.2) is 0 Å². The van der Waals surface area contributed by atoms with Crippen molar-refractivity contribution in [2.45, 2.75) is 44.1 Å². The van der Waals surface area contributed by atoms with Crippen LogP contribution in [-0.2, 0) is 43.3 Å². The van der Waals surface area contributed by atoms with Crippen LogP contribution in [-0.4, -0.2) is 5.11 Å². The van der Waals surface area contributed by atoms with Gasteiger partial charge in [-0.3, -0.25) is 0 Å². The Morgan fingerprint density at radius 2 is 1.55 bits per heavy atom. The topological polar surface area (TPSA) is 79.9 Å². The number of hydrogen-bond donors (Lipinski definition) is 1. The van der Waals surface area contributed by atoms with Crippen molar-refractivity contribution >= 4 is 0 Å². The molecule has 4 nitrogen and oxygen atoms in total. The van der Waals surface area contributed by atoms with E-state index in [0.717, 1.165) is 12.8 Å². The first kappa shape index (κ1) is 23.2. The van der Waals surface area contributed by atoms with Gasteiger partial charge in [-0.1, -0.05) is 37.1 Å². The maximum Gasteiger partial charge on any atom is 6.00 e. The van der Waals surface area contributed by atoms with Crippen LogP contribution in [0.4, 0.5) is 0 Å². The summed E-state index contributed by atoms with van der Waals surface area (Å²) in [6.45, 7) is 13.5. The molecular formula is C17H18CrO4+6. The number of hydrogen-bond acceptors (Lipinski definition) is 1. The van der Waals surface area contributed by atoms with E-state index in [1.807, 2.05) is 0 Å². The zero-order valence-electron chi connectivity index (χ0n) is 12.2. The van der Waals surface area contributed by atoms with Crippen LogP contribution in [0.15, 0.2) is 24.3 Å². The molecule has 3 rings (SSSR count). The zero-order chi connectivity index (χ0) is 16.3. The summed E-state index contributed by atoms with van der Waals surface area (Å²) < 4.78 is 22.5. The minimum absolute atomic E-state index is 0. The van der Waals surface area contributed by atoms with Crippen molar-refractivity contribution in [3.63, 3.8) is 0 Å². The molecular weight excluding hydrogens is 320 g/mol. The van der Waals surface area contributed by atoms with E-state index in [2.05, 4.69) is 44.2 Å². The molecule has 0 bridgehead atoms. The van der Waals surface area contributed by atoms with Crippen LogP contribution in [0.5, 0.6) is 0 Å². The van der Waals surface area contributed by atoms with E-state index in [4.69, 9.17) is 14.0 Å². The Morgan fingerprint density at radius 3 is 2.18 bits per heavy atom. The monoisotopic (exact) mass is 338 g/mol. The Kier molecular flexibility index (Phi) is 13.2. The zero-order valence-corrected chi connectivity index (χ0v) is 13.5. The minimum atomic E-state index is -0.493. The van der Waals surface area contributed by atoms with Crippen molar-refractivity contribution in [2.75, 3.05) is 0 Å². The van der Waals surface area contributed by atoms with Gasteiger partial charge in [0.2, 0.25) is 0 Å². The molecule has 0 saturated heterocycles. The van der Waals surface area contributed by atoms with E-state index >= 15 is 0 Å². The number of aliphatic hydroxyl groups is 1. The third-order valence-electron chi connectivity index (χ3n) is 4.28. The SMILES string of the molecule is OC12CCCCC1CCc1ccccc12.[C-]#[O+].[C-]#[O+].[C-]#[O+].[Cr+6]. The normalized spacial score (nSPS) is 23.7. The molecule has 110 valence electrons. The average molecular weight is 338 g/mol. The Bertz CT molecular complexity index is 481. The number of rotatable bonds is 0. The number of fused-ring (bicyclic) bond motifs is 3. The van der Waals surface area contributed by atoms with Crippen molar-refractivity contribution in [3.05, 3.63) is 55.3 Å². The van der Waals surface area contributed by atoms with Crippen molar-refractivity contribution in [1.82, 2.24) is 0 Å². The van der Waals surface area contributed by atoms with E-state index < -0.39 is 5.60 Å². The fraction of sp³-hybridized carbons (Fsp3) is 0.471. The molecule has 1 aromatic rings. The molecule has 22 heavy (non-hydrogen) atoms. The fourth-order valence-electron chi connectivity index (χ4n) is 3.46. The maximum absolute atomic E-state index is 10.8. The van der Waals surface area contributed by atoms with Crippen LogP contribution in [0.25, 0.3) is 0 Å². The van der Waals surface area contributed by atoms with E-state index in [1.165, 1.54) is 36.8 Å². The van der Waals surface area contributed by atoms with Crippen LogP contribution in [0.2, 0.25) is 0 Å². The molecule has 0 radical (unpaired) electrons. The van der Waals surface area contributed by atoms with Crippen molar-refractivity contribution in [1.29, 1.82) is 0 Å². The fourth-order valence-corrected chi connectivity index (χ4v) is 3.46. The quantitative estimate of drug-likeness (QED) is 0.573. The average Bonchev–Trinajstić information content (AvgIpc) is 2.60. The molecule has 0 spiro atoms. The van der Waals surface area contributed by atoms with Crippen molar-refractivity contribution in [2.24, 2.45) is 5.92 Å². The summed E-state index contributed by atoms with van der Waals surface area (Å²) in [4.78, 5) is 0. The van der Waals surface area contributed by atoms with Crippen LogP contribution < -0.4 is 0 Å².